The number of alkyl halides is 1. The lowest BCUT2D eigenvalue weighted by molar-refractivity contribution is 1.39. The summed E-state index contributed by atoms with van der Waals surface area (Å²) in [5, 5.41) is 1.31. The molecule has 46 valence electrons. The van der Waals surface area contributed by atoms with Gasteiger partial charge in [0.25, 0.3) is 0 Å². The molecule has 2 nitrogen and oxygen atoms in total. The van der Waals surface area contributed by atoms with E-state index in [1.165, 1.54) is 11.3 Å². The maximum absolute atomic E-state index is 6.59. The molecule has 1 aromatic rings. The second-order valence-corrected chi connectivity index (χ2v) is 3.01. The summed E-state index contributed by atoms with van der Waals surface area (Å²) in [7, 11) is 0. The highest BCUT2D eigenvalue weighted by Gasteiger charge is 1.98. The Kier molecular flexibility index (Phi) is 2.20. The summed E-state index contributed by atoms with van der Waals surface area (Å²) in [4.78, 5) is 8.11. The van der Waals surface area contributed by atoms with Crippen LogP contribution in [0, 0.1) is 6.57 Å². The average molecular weight is 203 g/mol. The van der Waals surface area contributed by atoms with Crippen molar-refractivity contribution in [1.29, 1.82) is 0 Å². The molecule has 0 bridgehead atoms. The zero-order chi connectivity index (χ0) is 6.69. The van der Waals surface area contributed by atoms with Crippen LogP contribution in [0.3, 0.4) is 0 Å². The average Bonchev–Trinajstić information content (AvgIpc) is 2.34. The number of hydrogen-bond acceptors (Lipinski definition) is 2. The first-order chi connectivity index (χ1) is 4.36. The molecule has 1 aromatic heterocycles. The Morgan fingerprint density at radius 1 is 1.89 bits per heavy atom. The molecule has 0 aliphatic rings. The molecule has 0 aliphatic heterocycles. The van der Waals surface area contributed by atoms with Gasteiger partial charge >= 0.3 is 5.13 Å². The molecule has 0 atom stereocenters. The highest BCUT2D eigenvalue weighted by atomic mass is 79.9. The van der Waals surface area contributed by atoms with Gasteiger partial charge in [0, 0.05) is 10.2 Å². The van der Waals surface area contributed by atoms with Gasteiger partial charge in [-0.05, 0) is 0 Å². The molecule has 0 aliphatic carbocycles. The predicted octanol–water partition coefficient (Wildman–Crippen LogP) is 2.59. The van der Waals surface area contributed by atoms with Gasteiger partial charge in [-0.3, -0.25) is 0 Å². The number of hydrogen-bond donors (Lipinski definition) is 0. The minimum absolute atomic E-state index is 0.518. The van der Waals surface area contributed by atoms with Crippen LogP contribution in [0.15, 0.2) is 6.20 Å². The van der Waals surface area contributed by atoms with Crippen molar-refractivity contribution in [1.82, 2.24) is 4.98 Å². The minimum atomic E-state index is 0.518. The number of rotatable bonds is 1. The molecule has 1 heterocycles. The maximum atomic E-state index is 6.59. The Bertz CT molecular complexity index is 237. The largest absolute Gasteiger partial charge is 0.351 e. The van der Waals surface area contributed by atoms with Crippen LogP contribution in [0.2, 0.25) is 0 Å². The number of aromatic nitrogens is 1. The fraction of sp³-hybridized carbons (Fsp3) is 0.200. The summed E-state index contributed by atoms with van der Waals surface area (Å²) in [5.41, 5.74) is 0. The quantitative estimate of drug-likeness (QED) is 0.506. The van der Waals surface area contributed by atoms with Crippen molar-refractivity contribution >= 4 is 32.4 Å². The molecule has 0 aromatic carbocycles. The van der Waals surface area contributed by atoms with Crippen molar-refractivity contribution in [2.45, 2.75) is 5.33 Å². The van der Waals surface area contributed by atoms with E-state index in [2.05, 4.69) is 25.8 Å². The van der Waals surface area contributed by atoms with Crippen LogP contribution >= 0.6 is 27.3 Å². The monoisotopic (exact) mass is 202 g/mol. The van der Waals surface area contributed by atoms with E-state index < -0.39 is 0 Å². The van der Waals surface area contributed by atoms with Gasteiger partial charge in [0.2, 0.25) is 0 Å². The van der Waals surface area contributed by atoms with Crippen LogP contribution in [-0.2, 0) is 5.33 Å². The molecule has 0 spiro atoms. The summed E-state index contributed by atoms with van der Waals surface area (Å²) in [6.45, 7) is 6.59. The zero-order valence-corrected chi connectivity index (χ0v) is 6.87. The third-order valence-electron chi connectivity index (χ3n) is 0.769. The molecule has 0 fully saturated rings. The first-order valence-electron chi connectivity index (χ1n) is 2.25. The second kappa shape index (κ2) is 2.95. The topological polar surface area (TPSA) is 17.2 Å². The molecule has 0 amide bonds. The second-order valence-electron chi connectivity index (χ2n) is 1.35. The van der Waals surface area contributed by atoms with Gasteiger partial charge in [-0.25, -0.2) is 0 Å². The highest BCUT2D eigenvalue weighted by molar-refractivity contribution is 9.08. The molecule has 9 heavy (non-hydrogen) atoms. The van der Waals surface area contributed by atoms with E-state index in [4.69, 9.17) is 6.57 Å². The molecule has 1 rings (SSSR count). The molecule has 4 heteroatoms. The van der Waals surface area contributed by atoms with Gasteiger partial charge in [0.15, 0.2) is 0 Å². The smallest absolute Gasteiger partial charge is 0.329 e. The van der Waals surface area contributed by atoms with Crippen LogP contribution in [0.25, 0.3) is 4.85 Å². The van der Waals surface area contributed by atoms with E-state index in [9.17, 15) is 0 Å². The summed E-state index contributed by atoms with van der Waals surface area (Å²) in [6, 6.07) is 0. The van der Waals surface area contributed by atoms with E-state index >= 15 is 0 Å². The number of thiazole rings is 1. The van der Waals surface area contributed by atoms with Crippen LogP contribution in [0.1, 0.15) is 4.88 Å². The van der Waals surface area contributed by atoms with Crippen LogP contribution in [0.4, 0.5) is 5.13 Å². The van der Waals surface area contributed by atoms with Gasteiger partial charge in [0.05, 0.1) is 0 Å². The van der Waals surface area contributed by atoms with Gasteiger partial charge in [-0.2, -0.15) is 0 Å². The van der Waals surface area contributed by atoms with Crippen molar-refractivity contribution in [3.05, 3.63) is 22.5 Å². The molecule has 0 saturated carbocycles. The van der Waals surface area contributed by atoms with E-state index in [1.807, 2.05) is 0 Å². The Morgan fingerprint density at radius 2 is 2.67 bits per heavy atom. The third kappa shape index (κ3) is 1.50. The lowest BCUT2D eigenvalue weighted by atomic mass is 10.6. The Labute approximate surface area is 65.5 Å². The predicted molar refractivity (Wildman–Crippen MR) is 41.0 cm³/mol. The van der Waals surface area contributed by atoms with Gasteiger partial charge in [-0.15, -0.1) is 16.3 Å². The van der Waals surface area contributed by atoms with Gasteiger partial charge < -0.3 is 4.85 Å². The normalized spacial score (nSPS) is 8.89. The maximum Gasteiger partial charge on any atom is 0.329 e. The fourth-order valence-electron chi connectivity index (χ4n) is 0.411. The summed E-state index contributed by atoms with van der Waals surface area (Å²) in [5.74, 6) is 0. The molecule has 0 saturated heterocycles. The molecular weight excluding hydrogens is 200 g/mol. The van der Waals surface area contributed by atoms with E-state index in [0.717, 1.165) is 10.2 Å². The molecule has 0 N–H and O–H groups in total. The standard InChI is InChI=1S/C5H3BrN2S/c1-7-5-8-3-4(2-6)9-5/h3H,2H2. The van der Waals surface area contributed by atoms with E-state index in [1.54, 1.807) is 6.20 Å². The number of nitrogens with zero attached hydrogens (tertiary/aromatic N) is 2. The lowest BCUT2D eigenvalue weighted by Gasteiger charge is -1.75. The molecule has 0 unspecified atom stereocenters. The van der Waals surface area contributed by atoms with E-state index in [-0.39, 0.29) is 0 Å². The highest BCUT2D eigenvalue weighted by Crippen LogP contribution is 2.22. The fourth-order valence-corrected chi connectivity index (χ4v) is 1.44. The first kappa shape index (κ1) is 6.72. The van der Waals surface area contributed by atoms with Gasteiger partial charge in [-0.1, -0.05) is 22.5 Å². The number of halogens is 1. The van der Waals surface area contributed by atoms with E-state index in [0.29, 0.717) is 5.13 Å². The molecular formula is C5H3BrN2S. The first-order valence-corrected chi connectivity index (χ1v) is 4.18. The summed E-state index contributed by atoms with van der Waals surface area (Å²) in [6.07, 6.45) is 1.72. The minimum Gasteiger partial charge on any atom is -0.351 e. The third-order valence-corrected chi connectivity index (χ3v) is 2.64. The summed E-state index contributed by atoms with van der Waals surface area (Å²) >= 11 is 4.69. The Morgan fingerprint density at radius 3 is 3.00 bits per heavy atom. The van der Waals surface area contributed by atoms with Crippen LogP contribution < -0.4 is 0 Å². The Balaban J connectivity index is 2.90. The van der Waals surface area contributed by atoms with Gasteiger partial charge in [0.1, 0.15) is 6.20 Å². The van der Waals surface area contributed by atoms with Crippen LogP contribution in [0.5, 0.6) is 0 Å². The van der Waals surface area contributed by atoms with Crippen LogP contribution in [-0.4, -0.2) is 4.98 Å². The Hall–Kier alpha value is -0.400. The zero-order valence-electron chi connectivity index (χ0n) is 4.47. The lowest BCUT2D eigenvalue weighted by Crippen LogP contribution is -1.59. The van der Waals surface area contributed by atoms with Crippen molar-refractivity contribution in [3.63, 3.8) is 0 Å². The SMILES string of the molecule is [C-]#[N+]c1ncc(CBr)s1. The van der Waals surface area contributed by atoms with Crippen molar-refractivity contribution in [2.24, 2.45) is 0 Å². The van der Waals surface area contributed by atoms with Crippen molar-refractivity contribution in [2.75, 3.05) is 0 Å². The molecule has 0 radical (unpaired) electrons. The summed E-state index contributed by atoms with van der Waals surface area (Å²) < 4.78 is 0. The van der Waals surface area contributed by atoms with Crippen molar-refractivity contribution < 1.29 is 0 Å². The van der Waals surface area contributed by atoms with Crippen molar-refractivity contribution in [3.8, 4) is 0 Å².